The van der Waals surface area contributed by atoms with Crippen LogP contribution in [0.25, 0.3) is 5.69 Å². The summed E-state index contributed by atoms with van der Waals surface area (Å²) in [6.45, 7) is 9.09. The monoisotopic (exact) mass is 404 g/mol. The van der Waals surface area contributed by atoms with Gasteiger partial charge in [0.15, 0.2) is 5.82 Å². The number of ether oxygens (including phenoxy) is 1. The molecular weight excluding hydrogens is 376 g/mol. The molecule has 6 nitrogen and oxygen atoms in total. The van der Waals surface area contributed by atoms with Crippen molar-refractivity contribution in [2.45, 2.75) is 40.0 Å². The van der Waals surface area contributed by atoms with E-state index in [1.54, 1.807) is 18.1 Å². The number of aromatic nitrogens is 3. The van der Waals surface area contributed by atoms with Crippen LogP contribution in [0.1, 0.15) is 54.0 Å². The summed E-state index contributed by atoms with van der Waals surface area (Å²) in [5.74, 6) is 1.89. The van der Waals surface area contributed by atoms with E-state index in [4.69, 9.17) is 4.74 Å². The van der Waals surface area contributed by atoms with Gasteiger partial charge in [0.2, 0.25) is 0 Å². The highest BCUT2D eigenvalue weighted by Crippen LogP contribution is 2.34. The molecule has 3 aromatic rings. The molecule has 1 aliphatic heterocycles. The van der Waals surface area contributed by atoms with Gasteiger partial charge in [-0.15, -0.1) is 0 Å². The fraction of sp³-hybridized carbons (Fsp3) is 0.375. The molecule has 2 aromatic carbocycles. The molecule has 6 heteroatoms. The summed E-state index contributed by atoms with van der Waals surface area (Å²) in [5, 5.41) is 4.55. The third-order valence-electron chi connectivity index (χ3n) is 5.67. The number of carbonyl (C=O) groups is 1. The minimum atomic E-state index is -0.0590. The Balaban J connectivity index is 1.76. The average Bonchev–Trinajstić information content (AvgIpc) is 3.23. The van der Waals surface area contributed by atoms with Crippen LogP contribution in [0.4, 0.5) is 5.69 Å². The quantitative estimate of drug-likeness (QED) is 0.640. The van der Waals surface area contributed by atoms with Crippen LogP contribution in [0.2, 0.25) is 0 Å². The lowest BCUT2D eigenvalue weighted by Crippen LogP contribution is -2.39. The summed E-state index contributed by atoms with van der Waals surface area (Å²) < 4.78 is 7.25. The molecule has 0 fully saturated rings. The van der Waals surface area contributed by atoms with Crippen LogP contribution >= 0.6 is 0 Å². The van der Waals surface area contributed by atoms with E-state index in [1.807, 2.05) is 35.2 Å². The Kier molecular flexibility index (Phi) is 5.33. The smallest absolute Gasteiger partial charge is 0.262 e. The maximum Gasteiger partial charge on any atom is 0.262 e. The van der Waals surface area contributed by atoms with E-state index in [9.17, 15) is 4.79 Å². The second kappa shape index (κ2) is 7.94. The molecule has 0 unspecified atom stereocenters. The molecule has 0 radical (unpaired) electrons. The highest BCUT2D eigenvalue weighted by Gasteiger charge is 2.29. The van der Waals surface area contributed by atoms with Gasteiger partial charge in [0.1, 0.15) is 12.1 Å². The molecule has 0 N–H and O–H groups in total. The van der Waals surface area contributed by atoms with Crippen molar-refractivity contribution in [3.8, 4) is 11.4 Å². The van der Waals surface area contributed by atoms with Crippen molar-refractivity contribution in [2.24, 2.45) is 5.92 Å². The van der Waals surface area contributed by atoms with Crippen LogP contribution < -0.4 is 9.64 Å². The first-order valence-corrected chi connectivity index (χ1v) is 10.4. The molecule has 1 atom stereocenters. The molecule has 0 saturated heterocycles. The number of fused-ring (bicyclic) bond motifs is 1. The predicted octanol–water partition coefficient (Wildman–Crippen LogP) is 4.55. The van der Waals surface area contributed by atoms with Gasteiger partial charge >= 0.3 is 0 Å². The van der Waals surface area contributed by atoms with Gasteiger partial charge in [-0.3, -0.25) is 4.79 Å². The zero-order valence-electron chi connectivity index (χ0n) is 18.2. The number of nitrogens with zero attached hydrogens (tertiary/aromatic N) is 4. The number of hydrogen-bond donors (Lipinski definition) is 0. The molecule has 4 rings (SSSR count). The van der Waals surface area contributed by atoms with E-state index in [0.29, 0.717) is 23.8 Å². The zero-order chi connectivity index (χ0) is 21.4. The summed E-state index contributed by atoms with van der Waals surface area (Å²) in [5.41, 5.74) is 4.78. The Hall–Kier alpha value is -3.15. The Labute approximate surface area is 177 Å². The Bertz CT molecular complexity index is 1090. The third-order valence-corrected chi connectivity index (χ3v) is 5.67. The average molecular weight is 405 g/mol. The van der Waals surface area contributed by atoms with Gasteiger partial charge < -0.3 is 9.64 Å². The van der Waals surface area contributed by atoms with Gasteiger partial charge in [-0.05, 0) is 54.7 Å². The lowest BCUT2D eigenvalue weighted by atomic mass is 9.90. The Morgan fingerprint density at radius 1 is 1.23 bits per heavy atom. The molecule has 1 aromatic heterocycles. The molecule has 0 spiro atoms. The van der Waals surface area contributed by atoms with Gasteiger partial charge in [-0.25, -0.2) is 9.67 Å². The zero-order valence-corrected chi connectivity index (χ0v) is 18.2. The largest absolute Gasteiger partial charge is 0.496 e. The summed E-state index contributed by atoms with van der Waals surface area (Å²) in [6, 6.07) is 11.7. The molecule has 1 amide bonds. The van der Waals surface area contributed by atoms with Gasteiger partial charge in [0.25, 0.3) is 5.91 Å². The molecule has 156 valence electrons. The van der Waals surface area contributed by atoms with E-state index in [1.165, 1.54) is 11.1 Å². The van der Waals surface area contributed by atoms with E-state index in [0.717, 1.165) is 23.6 Å². The van der Waals surface area contributed by atoms with E-state index in [2.05, 4.69) is 43.8 Å². The van der Waals surface area contributed by atoms with Crippen LogP contribution in [-0.4, -0.2) is 34.3 Å². The number of benzene rings is 2. The summed E-state index contributed by atoms with van der Waals surface area (Å²) in [6.07, 6.45) is 2.67. The number of amides is 1. The van der Waals surface area contributed by atoms with Crippen molar-refractivity contribution in [3.05, 3.63) is 65.2 Å². The van der Waals surface area contributed by atoms with Crippen LogP contribution in [0.5, 0.6) is 5.75 Å². The Morgan fingerprint density at radius 2 is 2.03 bits per heavy atom. The van der Waals surface area contributed by atoms with Gasteiger partial charge in [-0.1, -0.05) is 32.9 Å². The van der Waals surface area contributed by atoms with Crippen LogP contribution in [0.15, 0.2) is 42.7 Å². The van der Waals surface area contributed by atoms with Gasteiger partial charge in [0, 0.05) is 18.2 Å². The maximum absolute atomic E-state index is 13.7. The molecule has 1 aliphatic rings. The third kappa shape index (κ3) is 3.58. The standard InChI is InChI=1S/C24H28N4O2/c1-15(2)23-25-14-28(26-23)18-9-10-22(30-5)20(12-18)24(29)27-13-16(3)11-19-17(4)7-6-8-21(19)27/h6-10,12,14-16H,11,13H2,1-5H3/t16-/m0/s1. The second-order valence-corrected chi connectivity index (χ2v) is 8.38. The van der Waals surface area contributed by atoms with E-state index >= 15 is 0 Å². The lowest BCUT2D eigenvalue weighted by Gasteiger charge is -2.34. The molecule has 0 bridgehead atoms. The van der Waals surface area contributed by atoms with E-state index in [-0.39, 0.29) is 11.8 Å². The number of rotatable bonds is 4. The van der Waals surface area contributed by atoms with Crippen molar-refractivity contribution in [1.82, 2.24) is 14.8 Å². The number of hydrogen-bond acceptors (Lipinski definition) is 4. The van der Waals surface area contributed by atoms with Crippen molar-refractivity contribution < 1.29 is 9.53 Å². The molecule has 2 heterocycles. The number of anilines is 1. The van der Waals surface area contributed by atoms with E-state index < -0.39 is 0 Å². The second-order valence-electron chi connectivity index (χ2n) is 8.38. The summed E-state index contributed by atoms with van der Waals surface area (Å²) in [4.78, 5) is 20.0. The summed E-state index contributed by atoms with van der Waals surface area (Å²) in [7, 11) is 1.59. The number of methoxy groups -OCH3 is 1. The minimum Gasteiger partial charge on any atom is -0.496 e. The fourth-order valence-corrected chi connectivity index (χ4v) is 4.04. The van der Waals surface area contributed by atoms with Crippen LogP contribution in [-0.2, 0) is 6.42 Å². The molecule has 30 heavy (non-hydrogen) atoms. The van der Waals surface area contributed by atoms with Crippen molar-refractivity contribution in [1.29, 1.82) is 0 Å². The predicted molar refractivity (Wildman–Crippen MR) is 118 cm³/mol. The van der Waals surface area contributed by atoms with Gasteiger partial charge in [0.05, 0.1) is 18.4 Å². The Morgan fingerprint density at radius 3 is 2.73 bits per heavy atom. The normalized spacial score (nSPS) is 15.9. The maximum atomic E-state index is 13.7. The van der Waals surface area contributed by atoms with Crippen LogP contribution in [0, 0.1) is 12.8 Å². The molecular formula is C24H28N4O2. The minimum absolute atomic E-state index is 0.0590. The fourth-order valence-electron chi connectivity index (χ4n) is 4.04. The lowest BCUT2D eigenvalue weighted by molar-refractivity contribution is 0.0978. The molecule has 0 saturated carbocycles. The SMILES string of the molecule is COc1ccc(-n2cnc(C(C)C)n2)cc1C(=O)N1C[C@@H](C)Cc2c(C)cccc21. The van der Waals surface area contributed by atoms with Crippen molar-refractivity contribution in [2.75, 3.05) is 18.6 Å². The topological polar surface area (TPSA) is 60.2 Å². The van der Waals surface area contributed by atoms with Crippen LogP contribution in [0.3, 0.4) is 0 Å². The first kappa shape index (κ1) is 20.1. The number of carbonyl (C=O) groups excluding carboxylic acids is 1. The first-order valence-electron chi connectivity index (χ1n) is 10.4. The highest BCUT2D eigenvalue weighted by molar-refractivity contribution is 6.09. The first-order chi connectivity index (χ1) is 14.4. The van der Waals surface area contributed by atoms with Crippen molar-refractivity contribution >= 4 is 11.6 Å². The summed E-state index contributed by atoms with van der Waals surface area (Å²) >= 11 is 0. The van der Waals surface area contributed by atoms with Crippen molar-refractivity contribution in [3.63, 3.8) is 0 Å². The molecule has 0 aliphatic carbocycles. The highest BCUT2D eigenvalue weighted by atomic mass is 16.5. The number of aryl methyl sites for hydroxylation is 1. The van der Waals surface area contributed by atoms with Gasteiger partial charge in [-0.2, -0.15) is 5.10 Å².